The van der Waals surface area contributed by atoms with E-state index in [4.69, 9.17) is 26.1 Å². The molecule has 1 aliphatic rings. The fraction of sp³-hybridized carbons (Fsp3) is 0.150. The summed E-state index contributed by atoms with van der Waals surface area (Å²) in [5.41, 5.74) is 2.14. The average Bonchev–Trinajstić information content (AvgIpc) is 3.36. The van der Waals surface area contributed by atoms with Crippen LogP contribution in [0, 0.1) is 0 Å². The second kappa shape index (κ2) is 7.49. The van der Waals surface area contributed by atoms with Gasteiger partial charge in [0.1, 0.15) is 11.8 Å². The molecular formula is C20H18N2O3S. The first kappa shape index (κ1) is 16.5. The molecule has 4 rings (SSSR count). The number of hydrogen-bond donors (Lipinski definition) is 2. The topological polar surface area (TPSA) is 55.7 Å². The van der Waals surface area contributed by atoms with Crippen LogP contribution in [0.5, 0.6) is 11.5 Å². The van der Waals surface area contributed by atoms with Gasteiger partial charge in [0.05, 0.1) is 6.26 Å². The van der Waals surface area contributed by atoms with Gasteiger partial charge in [-0.15, -0.1) is 0 Å². The second-order valence-corrected chi connectivity index (χ2v) is 6.28. The van der Waals surface area contributed by atoms with Crippen molar-refractivity contribution < 1.29 is 13.9 Å². The van der Waals surface area contributed by atoms with Gasteiger partial charge in [-0.25, -0.2) is 0 Å². The highest BCUT2D eigenvalue weighted by molar-refractivity contribution is 7.80. The van der Waals surface area contributed by atoms with Crippen molar-refractivity contribution in [3.63, 3.8) is 0 Å². The highest BCUT2D eigenvalue weighted by Gasteiger charge is 2.18. The SMILES string of the molecule is S=C(NCc1ccc2c(c1)OCO2)N[C@@H](c1ccccc1)c1ccco1. The molecule has 26 heavy (non-hydrogen) atoms. The van der Waals surface area contributed by atoms with Crippen molar-refractivity contribution >= 4 is 17.3 Å². The summed E-state index contributed by atoms with van der Waals surface area (Å²) in [6.45, 7) is 0.857. The highest BCUT2D eigenvalue weighted by Crippen LogP contribution is 2.32. The Hall–Kier alpha value is -2.99. The van der Waals surface area contributed by atoms with E-state index in [-0.39, 0.29) is 12.8 Å². The summed E-state index contributed by atoms with van der Waals surface area (Å²) >= 11 is 5.48. The minimum atomic E-state index is -0.150. The standard InChI is InChI=1S/C20H18N2O3S/c26-20(21-12-14-8-9-16-18(11-14)25-13-24-16)22-19(17-7-4-10-23-17)15-5-2-1-3-6-15/h1-11,19H,12-13H2,(H2,21,22,26)/t19-/m0/s1. The van der Waals surface area contributed by atoms with Crippen LogP contribution in [0.1, 0.15) is 22.9 Å². The lowest BCUT2D eigenvalue weighted by Gasteiger charge is -2.19. The average molecular weight is 366 g/mol. The number of fused-ring (bicyclic) bond motifs is 1. The first-order valence-corrected chi connectivity index (χ1v) is 8.71. The van der Waals surface area contributed by atoms with Crippen LogP contribution in [0.25, 0.3) is 0 Å². The van der Waals surface area contributed by atoms with E-state index in [1.807, 2.05) is 60.7 Å². The molecule has 5 nitrogen and oxygen atoms in total. The van der Waals surface area contributed by atoms with Gasteiger partial charge in [-0.3, -0.25) is 0 Å². The molecule has 0 aliphatic carbocycles. The van der Waals surface area contributed by atoms with Crippen LogP contribution in [-0.4, -0.2) is 11.9 Å². The smallest absolute Gasteiger partial charge is 0.231 e. The van der Waals surface area contributed by atoms with Crippen LogP contribution in [0.3, 0.4) is 0 Å². The van der Waals surface area contributed by atoms with Crippen LogP contribution in [0.15, 0.2) is 71.3 Å². The van der Waals surface area contributed by atoms with Gasteiger partial charge >= 0.3 is 0 Å². The fourth-order valence-corrected chi connectivity index (χ4v) is 3.03. The third kappa shape index (κ3) is 3.65. The summed E-state index contributed by atoms with van der Waals surface area (Å²) in [5, 5.41) is 7.11. The van der Waals surface area contributed by atoms with Crippen molar-refractivity contribution in [2.45, 2.75) is 12.6 Å². The van der Waals surface area contributed by atoms with Gasteiger partial charge in [0.15, 0.2) is 16.6 Å². The Morgan fingerprint density at radius 2 is 1.85 bits per heavy atom. The minimum absolute atomic E-state index is 0.150. The molecule has 6 heteroatoms. The molecular weight excluding hydrogens is 348 g/mol. The number of ether oxygens (including phenoxy) is 2. The molecule has 1 aromatic heterocycles. The summed E-state index contributed by atoms with van der Waals surface area (Å²) < 4.78 is 16.3. The van der Waals surface area contributed by atoms with E-state index in [0.29, 0.717) is 11.7 Å². The lowest BCUT2D eigenvalue weighted by Crippen LogP contribution is -2.37. The number of thiocarbonyl (C=S) groups is 1. The van der Waals surface area contributed by atoms with Gasteiger partial charge in [-0.2, -0.15) is 0 Å². The molecule has 3 aromatic rings. The fourth-order valence-electron chi connectivity index (χ4n) is 2.84. The number of nitrogens with one attached hydrogen (secondary N) is 2. The summed E-state index contributed by atoms with van der Waals surface area (Å²) in [6, 6.07) is 19.6. The van der Waals surface area contributed by atoms with Crippen LogP contribution in [0.4, 0.5) is 0 Å². The van der Waals surface area contributed by atoms with E-state index in [1.54, 1.807) is 6.26 Å². The molecule has 0 unspecified atom stereocenters. The van der Waals surface area contributed by atoms with E-state index < -0.39 is 0 Å². The lowest BCUT2D eigenvalue weighted by molar-refractivity contribution is 0.174. The molecule has 0 amide bonds. The summed E-state index contributed by atoms with van der Waals surface area (Å²) in [7, 11) is 0. The van der Waals surface area contributed by atoms with Crippen LogP contribution in [0.2, 0.25) is 0 Å². The van der Waals surface area contributed by atoms with Crippen LogP contribution < -0.4 is 20.1 Å². The molecule has 2 heterocycles. The summed E-state index contributed by atoms with van der Waals surface area (Å²) in [5.74, 6) is 2.35. The first-order valence-electron chi connectivity index (χ1n) is 8.31. The van der Waals surface area contributed by atoms with Crippen molar-refractivity contribution in [1.29, 1.82) is 0 Å². The Labute approximate surface area is 156 Å². The van der Waals surface area contributed by atoms with Gasteiger partial charge < -0.3 is 24.5 Å². The predicted molar refractivity (Wildman–Crippen MR) is 102 cm³/mol. The Morgan fingerprint density at radius 1 is 1.00 bits per heavy atom. The third-order valence-electron chi connectivity index (χ3n) is 4.13. The maximum atomic E-state index is 5.58. The zero-order chi connectivity index (χ0) is 17.8. The zero-order valence-electron chi connectivity index (χ0n) is 14.0. The van der Waals surface area contributed by atoms with E-state index in [9.17, 15) is 0 Å². The molecule has 0 bridgehead atoms. The summed E-state index contributed by atoms with van der Waals surface area (Å²) in [4.78, 5) is 0. The van der Waals surface area contributed by atoms with Gasteiger partial charge in [0, 0.05) is 6.54 Å². The summed E-state index contributed by atoms with van der Waals surface area (Å²) in [6.07, 6.45) is 1.66. The van der Waals surface area contributed by atoms with E-state index in [2.05, 4.69) is 10.6 Å². The van der Waals surface area contributed by atoms with Crippen molar-refractivity contribution in [1.82, 2.24) is 10.6 Å². The van der Waals surface area contributed by atoms with Gasteiger partial charge in [-0.1, -0.05) is 36.4 Å². The molecule has 1 atom stereocenters. The van der Waals surface area contributed by atoms with E-state index in [1.165, 1.54) is 0 Å². The largest absolute Gasteiger partial charge is 0.467 e. The number of hydrogen-bond acceptors (Lipinski definition) is 4. The highest BCUT2D eigenvalue weighted by atomic mass is 32.1. The van der Waals surface area contributed by atoms with Crippen molar-refractivity contribution in [2.24, 2.45) is 0 Å². The normalized spacial score (nSPS) is 13.2. The van der Waals surface area contributed by atoms with Crippen molar-refractivity contribution in [3.8, 4) is 11.5 Å². The Kier molecular flexibility index (Phi) is 4.75. The Bertz CT molecular complexity index is 881. The molecule has 132 valence electrons. The van der Waals surface area contributed by atoms with Gasteiger partial charge in [-0.05, 0) is 47.6 Å². The quantitative estimate of drug-likeness (QED) is 0.671. The third-order valence-corrected chi connectivity index (χ3v) is 4.39. The first-order chi connectivity index (χ1) is 12.8. The molecule has 2 aromatic carbocycles. The lowest BCUT2D eigenvalue weighted by atomic mass is 10.1. The number of rotatable bonds is 5. The molecule has 1 aliphatic heterocycles. The molecule has 0 spiro atoms. The predicted octanol–water partition coefficient (Wildman–Crippen LogP) is 3.76. The zero-order valence-corrected chi connectivity index (χ0v) is 14.8. The monoisotopic (exact) mass is 366 g/mol. The van der Waals surface area contributed by atoms with Crippen LogP contribution in [-0.2, 0) is 6.54 Å². The molecule has 0 saturated carbocycles. The number of benzene rings is 2. The van der Waals surface area contributed by atoms with Crippen molar-refractivity contribution in [3.05, 3.63) is 83.8 Å². The van der Waals surface area contributed by atoms with Gasteiger partial charge in [0.2, 0.25) is 6.79 Å². The van der Waals surface area contributed by atoms with Crippen LogP contribution >= 0.6 is 12.2 Å². The number of furan rings is 1. The maximum absolute atomic E-state index is 5.58. The molecule has 0 fully saturated rings. The van der Waals surface area contributed by atoms with Gasteiger partial charge in [0.25, 0.3) is 0 Å². The van der Waals surface area contributed by atoms with E-state index >= 15 is 0 Å². The second-order valence-electron chi connectivity index (χ2n) is 5.87. The van der Waals surface area contributed by atoms with E-state index in [0.717, 1.165) is 28.4 Å². The minimum Gasteiger partial charge on any atom is -0.467 e. The van der Waals surface area contributed by atoms with Crippen molar-refractivity contribution in [2.75, 3.05) is 6.79 Å². The molecule has 0 radical (unpaired) electrons. The Morgan fingerprint density at radius 3 is 2.65 bits per heavy atom. The maximum Gasteiger partial charge on any atom is 0.231 e. The molecule has 0 saturated heterocycles. The molecule has 2 N–H and O–H groups in total. The Balaban J connectivity index is 1.42.